The average Bonchev–Trinajstić information content (AvgIpc) is 3.00. The molecule has 0 aliphatic heterocycles. The zero-order chi connectivity index (χ0) is 15.4. The molecule has 1 heterocycles. The van der Waals surface area contributed by atoms with Crippen LogP contribution >= 0.6 is 27.3 Å². The number of hydrogen-bond donors (Lipinski definition) is 1. The maximum Gasteiger partial charge on any atom is 0.261 e. The van der Waals surface area contributed by atoms with E-state index < -0.39 is 0 Å². The highest BCUT2D eigenvalue weighted by Gasteiger charge is 2.17. The second-order valence-electron chi connectivity index (χ2n) is 4.40. The monoisotopic (exact) mass is 369 g/mol. The molecule has 112 valence electrons. The molecule has 1 amide bonds. The minimum absolute atomic E-state index is 0.0841. The molecule has 1 unspecified atom stereocenters. The third-order valence-electron chi connectivity index (χ3n) is 3.06. The zero-order valence-corrected chi connectivity index (χ0v) is 14.4. The molecule has 2 aromatic rings. The van der Waals surface area contributed by atoms with Crippen molar-refractivity contribution in [3.8, 4) is 11.5 Å². The van der Waals surface area contributed by atoms with Crippen molar-refractivity contribution in [3.05, 3.63) is 44.6 Å². The van der Waals surface area contributed by atoms with Gasteiger partial charge in [-0.05, 0) is 36.1 Å². The summed E-state index contributed by atoms with van der Waals surface area (Å²) in [5.74, 6) is 1.19. The lowest BCUT2D eigenvalue weighted by atomic mass is 10.1. The SMILES string of the molecule is COc1cc(Br)c(C(C)NC(=O)c2cccs2)cc1OC. The van der Waals surface area contributed by atoms with Crippen LogP contribution in [0.15, 0.2) is 34.1 Å². The van der Waals surface area contributed by atoms with Gasteiger partial charge in [-0.3, -0.25) is 4.79 Å². The smallest absolute Gasteiger partial charge is 0.261 e. The van der Waals surface area contributed by atoms with Crippen LogP contribution in [0, 0.1) is 0 Å². The van der Waals surface area contributed by atoms with Crippen LogP contribution in [0.3, 0.4) is 0 Å². The topological polar surface area (TPSA) is 47.6 Å². The summed E-state index contributed by atoms with van der Waals surface area (Å²) in [6.45, 7) is 1.93. The molecule has 1 N–H and O–H groups in total. The lowest BCUT2D eigenvalue weighted by Crippen LogP contribution is -2.26. The maximum atomic E-state index is 12.1. The van der Waals surface area contributed by atoms with E-state index in [4.69, 9.17) is 9.47 Å². The van der Waals surface area contributed by atoms with E-state index in [-0.39, 0.29) is 11.9 Å². The summed E-state index contributed by atoms with van der Waals surface area (Å²) in [6.07, 6.45) is 0. The van der Waals surface area contributed by atoms with Crippen molar-refractivity contribution in [1.29, 1.82) is 0 Å². The summed E-state index contributed by atoms with van der Waals surface area (Å²) in [5, 5.41) is 4.85. The lowest BCUT2D eigenvalue weighted by molar-refractivity contribution is 0.0944. The lowest BCUT2D eigenvalue weighted by Gasteiger charge is -2.18. The Kier molecular flexibility index (Phi) is 5.25. The largest absolute Gasteiger partial charge is 0.493 e. The molecule has 1 aromatic carbocycles. The molecule has 21 heavy (non-hydrogen) atoms. The predicted octanol–water partition coefficient (Wildman–Crippen LogP) is 4.02. The van der Waals surface area contributed by atoms with Gasteiger partial charge in [0.2, 0.25) is 0 Å². The summed E-state index contributed by atoms with van der Waals surface area (Å²) >= 11 is 4.92. The summed E-state index contributed by atoms with van der Waals surface area (Å²) in [6, 6.07) is 7.20. The van der Waals surface area contributed by atoms with Crippen molar-refractivity contribution in [1.82, 2.24) is 5.32 Å². The summed E-state index contributed by atoms with van der Waals surface area (Å²) in [5.41, 5.74) is 0.928. The summed E-state index contributed by atoms with van der Waals surface area (Å²) in [4.78, 5) is 12.8. The summed E-state index contributed by atoms with van der Waals surface area (Å²) in [7, 11) is 3.18. The van der Waals surface area contributed by atoms with Crippen molar-refractivity contribution in [3.63, 3.8) is 0 Å². The van der Waals surface area contributed by atoms with E-state index in [1.807, 2.05) is 30.5 Å². The van der Waals surface area contributed by atoms with Crippen LogP contribution < -0.4 is 14.8 Å². The Morgan fingerprint density at radius 2 is 1.95 bits per heavy atom. The summed E-state index contributed by atoms with van der Waals surface area (Å²) < 4.78 is 11.4. The van der Waals surface area contributed by atoms with E-state index in [2.05, 4.69) is 21.2 Å². The number of halogens is 1. The molecule has 6 heteroatoms. The number of carbonyl (C=O) groups is 1. The normalized spacial score (nSPS) is 11.8. The number of amides is 1. The van der Waals surface area contributed by atoms with Gasteiger partial charge in [0, 0.05) is 4.47 Å². The highest BCUT2D eigenvalue weighted by molar-refractivity contribution is 9.10. The van der Waals surface area contributed by atoms with Crippen LogP contribution in [-0.4, -0.2) is 20.1 Å². The van der Waals surface area contributed by atoms with Gasteiger partial charge in [0.1, 0.15) is 0 Å². The van der Waals surface area contributed by atoms with Gasteiger partial charge in [-0.25, -0.2) is 0 Å². The molecule has 0 saturated heterocycles. The highest BCUT2D eigenvalue weighted by Crippen LogP contribution is 2.36. The van der Waals surface area contributed by atoms with Crippen LogP contribution in [0.2, 0.25) is 0 Å². The number of thiophene rings is 1. The van der Waals surface area contributed by atoms with Gasteiger partial charge < -0.3 is 14.8 Å². The number of hydrogen-bond acceptors (Lipinski definition) is 4. The van der Waals surface area contributed by atoms with Crippen molar-refractivity contribution in [2.24, 2.45) is 0 Å². The van der Waals surface area contributed by atoms with Crippen LogP contribution in [0.1, 0.15) is 28.2 Å². The first-order valence-electron chi connectivity index (χ1n) is 6.32. The van der Waals surface area contributed by atoms with Crippen LogP contribution in [0.25, 0.3) is 0 Å². The number of methoxy groups -OCH3 is 2. The van der Waals surface area contributed by atoms with Gasteiger partial charge in [0.25, 0.3) is 5.91 Å². The van der Waals surface area contributed by atoms with E-state index >= 15 is 0 Å². The molecule has 2 rings (SSSR count). The zero-order valence-electron chi connectivity index (χ0n) is 12.0. The first-order chi connectivity index (χ1) is 10.1. The second kappa shape index (κ2) is 6.95. The van der Waals surface area contributed by atoms with Gasteiger partial charge in [-0.2, -0.15) is 0 Å². The van der Waals surface area contributed by atoms with Gasteiger partial charge in [0.05, 0.1) is 25.1 Å². The third kappa shape index (κ3) is 3.57. The Labute approximate surface area is 136 Å². The van der Waals surface area contributed by atoms with E-state index in [0.717, 1.165) is 10.0 Å². The number of carbonyl (C=O) groups excluding carboxylic acids is 1. The fraction of sp³-hybridized carbons (Fsp3) is 0.267. The molecular weight excluding hydrogens is 354 g/mol. The molecular formula is C15H16BrNO3S. The van der Waals surface area contributed by atoms with E-state index in [1.165, 1.54) is 11.3 Å². The first kappa shape index (κ1) is 15.9. The van der Waals surface area contributed by atoms with Crippen molar-refractivity contribution in [2.45, 2.75) is 13.0 Å². The Balaban J connectivity index is 2.22. The number of rotatable bonds is 5. The van der Waals surface area contributed by atoms with Gasteiger partial charge in [-0.1, -0.05) is 22.0 Å². The van der Waals surface area contributed by atoms with E-state index in [1.54, 1.807) is 20.3 Å². The van der Waals surface area contributed by atoms with E-state index in [9.17, 15) is 4.79 Å². The molecule has 0 radical (unpaired) electrons. The third-order valence-corrected chi connectivity index (χ3v) is 4.62. The molecule has 0 spiro atoms. The Bertz CT molecular complexity index is 628. The van der Waals surface area contributed by atoms with Crippen LogP contribution in [0.5, 0.6) is 11.5 Å². The molecule has 1 aromatic heterocycles. The minimum atomic E-state index is -0.159. The average molecular weight is 370 g/mol. The van der Waals surface area contributed by atoms with Crippen molar-refractivity contribution in [2.75, 3.05) is 14.2 Å². The standard InChI is InChI=1S/C15H16BrNO3S/c1-9(17-15(18)14-5-4-6-21-14)10-7-12(19-2)13(20-3)8-11(10)16/h4-9H,1-3H3,(H,17,18). The molecule has 1 atom stereocenters. The van der Waals surface area contributed by atoms with Gasteiger partial charge >= 0.3 is 0 Å². The first-order valence-corrected chi connectivity index (χ1v) is 8.00. The number of ether oxygens (including phenoxy) is 2. The molecule has 0 bridgehead atoms. The molecule has 4 nitrogen and oxygen atoms in total. The Hall–Kier alpha value is -1.53. The molecule has 0 aliphatic rings. The maximum absolute atomic E-state index is 12.1. The Morgan fingerprint density at radius 3 is 2.52 bits per heavy atom. The minimum Gasteiger partial charge on any atom is -0.493 e. The van der Waals surface area contributed by atoms with Gasteiger partial charge in [-0.15, -0.1) is 11.3 Å². The van der Waals surface area contributed by atoms with E-state index in [0.29, 0.717) is 16.4 Å². The Morgan fingerprint density at radius 1 is 1.29 bits per heavy atom. The number of benzene rings is 1. The quantitative estimate of drug-likeness (QED) is 0.865. The number of nitrogens with one attached hydrogen (secondary N) is 1. The fourth-order valence-electron chi connectivity index (χ4n) is 1.96. The van der Waals surface area contributed by atoms with Crippen molar-refractivity contribution >= 4 is 33.2 Å². The predicted molar refractivity (Wildman–Crippen MR) is 87.4 cm³/mol. The molecule has 0 saturated carbocycles. The highest BCUT2D eigenvalue weighted by atomic mass is 79.9. The molecule has 0 aliphatic carbocycles. The van der Waals surface area contributed by atoms with Gasteiger partial charge in [0.15, 0.2) is 11.5 Å². The molecule has 0 fully saturated rings. The van der Waals surface area contributed by atoms with Crippen LogP contribution in [0.4, 0.5) is 0 Å². The van der Waals surface area contributed by atoms with Crippen molar-refractivity contribution < 1.29 is 14.3 Å². The fourth-order valence-corrected chi connectivity index (χ4v) is 3.25. The van der Waals surface area contributed by atoms with Crippen LogP contribution in [-0.2, 0) is 0 Å². The second-order valence-corrected chi connectivity index (χ2v) is 6.20.